The van der Waals surface area contributed by atoms with Crippen LogP contribution in [-0.2, 0) is 14.3 Å². The molecule has 66 valence electrons. The number of carbonyl (C=O) groups is 2. The SMILES string of the molecule is C=C(C)C(=O)C1OC(=O)OC1O. The molecule has 1 saturated heterocycles. The van der Waals surface area contributed by atoms with E-state index in [1.807, 2.05) is 0 Å². The van der Waals surface area contributed by atoms with Crippen LogP contribution in [0.5, 0.6) is 0 Å². The Morgan fingerprint density at radius 1 is 1.58 bits per heavy atom. The molecule has 2 unspecified atom stereocenters. The zero-order valence-electron chi connectivity index (χ0n) is 6.44. The Labute approximate surface area is 68.6 Å². The van der Waals surface area contributed by atoms with Crippen LogP contribution in [0.3, 0.4) is 0 Å². The molecule has 1 aliphatic rings. The summed E-state index contributed by atoms with van der Waals surface area (Å²) in [6.07, 6.45) is -3.81. The molecule has 0 aromatic rings. The average molecular weight is 172 g/mol. The molecule has 0 aromatic heterocycles. The van der Waals surface area contributed by atoms with Gasteiger partial charge < -0.3 is 14.6 Å². The first kappa shape index (κ1) is 8.73. The van der Waals surface area contributed by atoms with E-state index in [2.05, 4.69) is 16.1 Å². The van der Waals surface area contributed by atoms with Crippen LogP contribution in [0.25, 0.3) is 0 Å². The molecule has 0 amide bonds. The third-order valence-electron chi connectivity index (χ3n) is 1.38. The van der Waals surface area contributed by atoms with Crippen LogP contribution in [0, 0.1) is 0 Å². The molecule has 1 rings (SSSR count). The van der Waals surface area contributed by atoms with E-state index in [0.717, 1.165) is 0 Å². The monoisotopic (exact) mass is 172 g/mol. The van der Waals surface area contributed by atoms with Gasteiger partial charge in [-0.3, -0.25) is 4.79 Å². The van der Waals surface area contributed by atoms with Gasteiger partial charge in [-0.15, -0.1) is 0 Å². The second kappa shape index (κ2) is 2.94. The van der Waals surface area contributed by atoms with E-state index in [9.17, 15) is 9.59 Å². The number of aliphatic hydroxyl groups excluding tert-OH is 1. The lowest BCUT2D eigenvalue weighted by Gasteiger charge is -2.07. The lowest BCUT2D eigenvalue weighted by Crippen LogP contribution is -2.31. The van der Waals surface area contributed by atoms with Crippen LogP contribution in [0.15, 0.2) is 12.2 Å². The number of ketones is 1. The van der Waals surface area contributed by atoms with Gasteiger partial charge in [0.1, 0.15) is 0 Å². The van der Waals surface area contributed by atoms with Crippen molar-refractivity contribution in [3.8, 4) is 0 Å². The van der Waals surface area contributed by atoms with Crippen LogP contribution in [0.4, 0.5) is 4.79 Å². The maximum Gasteiger partial charge on any atom is 0.511 e. The van der Waals surface area contributed by atoms with Gasteiger partial charge in [-0.1, -0.05) is 6.58 Å². The van der Waals surface area contributed by atoms with E-state index < -0.39 is 24.3 Å². The highest BCUT2D eigenvalue weighted by atomic mass is 16.8. The molecule has 0 bridgehead atoms. The highest BCUT2D eigenvalue weighted by Gasteiger charge is 2.40. The molecule has 5 nitrogen and oxygen atoms in total. The van der Waals surface area contributed by atoms with Crippen LogP contribution >= 0.6 is 0 Å². The number of ether oxygens (including phenoxy) is 2. The molecular formula is C7H8O5. The molecule has 12 heavy (non-hydrogen) atoms. The molecule has 1 N–H and O–H groups in total. The highest BCUT2D eigenvalue weighted by Crippen LogP contribution is 2.16. The lowest BCUT2D eigenvalue weighted by atomic mass is 10.1. The van der Waals surface area contributed by atoms with Gasteiger partial charge in [0.2, 0.25) is 18.2 Å². The Bertz CT molecular complexity index is 244. The summed E-state index contributed by atoms with van der Waals surface area (Å²) >= 11 is 0. The normalized spacial score (nSPS) is 27.7. The highest BCUT2D eigenvalue weighted by molar-refractivity contribution is 5.99. The summed E-state index contributed by atoms with van der Waals surface area (Å²) in [4.78, 5) is 21.5. The van der Waals surface area contributed by atoms with Gasteiger partial charge in [0, 0.05) is 0 Å². The molecule has 1 fully saturated rings. The minimum absolute atomic E-state index is 0.206. The first-order valence-electron chi connectivity index (χ1n) is 3.27. The number of rotatable bonds is 2. The molecule has 0 saturated carbocycles. The summed E-state index contributed by atoms with van der Waals surface area (Å²) in [5.74, 6) is -0.534. The van der Waals surface area contributed by atoms with E-state index in [1.54, 1.807) is 0 Å². The largest absolute Gasteiger partial charge is 0.511 e. The van der Waals surface area contributed by atoms with Crippen LogP contribution in [0.2, 0.25) is 0 Å². The van der Waals surface area contributed by atoms with Crippen molar-refractivity contribution in [3.05, 3.63) is 12.2 Å². The van der Waals surface area contributed by atoms with E-state index in [4.69, 9.17) is 5.11 Å². The lowest BCUT2D eigenvalue weighted by molar-refractivity contribution is -0.130. The maximum atomic E-state index is 11.1. The van der Waals surface area contributed by atoms with Crippen molar-refractivity contribution in [2.24, 2.45) is 0 Å². The van der Waals surface area contributed by atoms with Gasteiger partial charge in [-0.2, -0.15) is 0 Å². The number of hydrogen-bond donors (Lipinski definition) is 1. The van der Waals surface area contributed by atoms with Gasteiger partial charge in [-0.05, 0) is 12.5 Å². The Hall–Kier alpha value is -1.36. The van der Waals surface area contributed by atoms with E-state index in [0.29, 0.717) is 0 Å². The van der Waals surface area contributed by atoms with E-state index in [-0.39, 0.29) is 5.57 Å². The minimum atomic E-state index is -1.51. The predicted molar refractivity (Wildman–Crippen MR) is 37.2 cm³/mol. The smallest absolute Gasteiger partial charge is 0.416 e. The second-order valence-corrected chi connectivity index (χ2v) is 2.44. The Balaban J connectivity index is 2.70. The van der Waals surface area contributed by atoms with Crippen molar-refractivity contribution < 1.29 is 24.2 Å². The Kier molecular flexibility index (Phi) is 2.14. The average Bonchev–Trinajstić information content (AvgIpc) is 2.28. The summed E-state index contributed by atoms with van der Waals surface area (Å²) < 4.78 is 8.55. The first-order valence-corrected chi connectivity index (χ1v) is 3.27. The fourth-order valence-corrected chi connectivity index (χ4v) is 0.776. The third-order valence-corrected chi connectivity index (χ3v) is 1.38. The van der Waals surface area contributed by atoms with Crippen molar-refractivity contribution in [1.29, 1.82) is 0 Å². The van der Waals surface area contributed by atoms with Gasteiger partial charge in [0.25, 0.3) is 0 Å². The van der Waals surface area contributed by atoms with E-state index in [1.165, 1.54) is 6.92 Å². The molecule has 2 atom stereocenters. The summed E-state index contributed by atoms with van der Waals surface area (Å²) in [5.41, 5.74) is 0.206. The summed E-state index contributed by atoms with van der Waals surface area (Å²) in [6.45, 7) is 4.81. The molecule has 1 aliphatic heterocycles. The standard InChI is InChI=1S/C7H8O5/c1-3(2)4(8)5-6(9)12-7(10)11-5/h5-6,9H,1H2,2H3. The summed E-state index contributed by atoms with van der Waals surface area (Å²) in [5, 5.41) is 8.95. The molecule has 0 radical (unpaired) electrons. The fraction of sp³-hybridized carbons (Fsp3) is 0.429. The predicted octanol–water partition coefficient (Wildman–Crippen LogP) is -0.0146. The zero-order valence-corrected chi connectivity index (χ0v) is 6.44. The fourth-order valence-electron chi connectivity index (χ4n) is 0.776. The molecule has 1 heterocycles. The van der Waals surface area contributed by atoms with Crippen molar-refractivity contribution >= 4 is 11.9 Å². The van der Waals surface area contributed by atoms with Gasteiger partial charge in [0.15, 0.2) is 0 Å². The quantitative estimate of drug-likeness (QED) is 0.468. The van der Waals surface area contributed by atoms with Gasteiger partial charge in [-0.25, -0.2) is 4.79 Å². The zero-order chi connectivity index (χ0) is 9.30. The Morgan fingerprint density at radius 3 is 2.50 bits per heavy atom. The summed E-state index contributed by atoms with van der Waals surface area (Å²) in [6, 6.07) is 0. The first-order chi connectivity index (χ1) is 5.52. The van der Waals surface area contributed by atoms with Crippen LogP contribution in [-0.4, -0.2) is 29.4 Å². The van der Waals surface area contributed by atoms with Crippen LogP contribution in [0.1, 0.15) is 6.92 Å². The number of carbonyl (C=O) groups excluding carboxylic acids is 2. The van der Waals surface area contributed by atoms with Crippen molar-refractivity contribution in [3.63, 3.8) is 0 Å². The number of cyclic esters (lactones) is 2. The number of aliphatic hydroxyl groups is 1. The van der Waals surface area contributed by atoms with E-state index >= 15 is 0 Å². The van der Waals surface area contributed by atoms with Crippen molar-refractivity contribution in [2.45, 2.75) is 19.3 Å². The van der Waals surface area contributed by atoms with Gasteiger partial charge in [0.05, 0.1) is 0 Å². The molecule has 0 spiro atoms. The minimum Gasteiger partial charge on any atom is -0.416 e. The summed E-state index contributed by atoms with van der Waals surface area (Å²) in [7, 11) is 0. The topological polar surface area (TPSA) is 72.8 Å². The molecule has 5 heteroatoms. The molecular weight excluding hydrogens is 164 g/mol. The van der Waals surface area contributed by atoms with Crippen molar-refractivity contribution in [1.82, 2.24) is 0 Å². The third kappa shape index (κ3) is 1.45. The van der Waals surface area contributed by atoms with Crippen molar-refractivity contribution in [2.75, 3.05) is 0 Å². The maximum absolute atomic E-state index is 11.1. The number of hydrogen-bond acceptors (Lipinski definition) is 5. The second-order valence-electron chi connectivity index (χ2n) is 2.44. The molecule has 0 aromatic carbocycles. The molecule has 0 aliphatic carbocycles. The van der Waals surface area contributed by atoms with Crippen LogP contribution < -0.4 is 0 Å². The number of Topliss-reactive ketones (excluding diaryl/α,β-unsaturated/α-hetero) is 1. The van der Waals surface area contributed by atoms with Gasteiger partial charge >= 0.3 is 6.16 Å². The Morgan fingerprint density at radius 2 is 2.17 bits per heavy atom.